The molecule has 0 atom stereocenters. The summed E-state index contributed by atoms with van der Waals surface area (Å²) in [6.45, 7) is 6.42. The van der Waals surface area contributed by atoms with Crippen LogP contribution in [-0.4, -0.2) is 46.7 Å². The van der Waals surface area contributed by atoms with E-state index in [4.69, 9.17) is 18.1 Å². The van der Waals surface area contributed by atoms with Gasteiger partial charge in [0.15, 0.2) is 5.40 Å². The smallest absolute Gasteiger partial charge is 0.416 e. The predicted molar refractivity (Wildman–Crippen MR) is 145 cm³/mol. The molecule has 1 N–H and O–H groups in total. The van der Waals surface area contributed by atoms with Gasteiger partial charge in [-0.05, 0) is 64.1 Å². The van der Waals surface area contributed by atoms with E-state index in [0.717, 1.165) is 12.1 Å². The predicted octanol–water partition coefficient (Wildman–Crippen LogP) is 7.66. The summed E-state index contributed by atoms with van der Waals surface area (Å²) in [7, 11) is -8.25. The van der Waals surface area contributed by atoms with Crippen LogP contribution in [0.25, 0.3) is 16.9 Å². The highest BCUT2D eigenvalue weighted by Gasteiger charge is 2.51. The van der Waals surface area contributed by atoms with Crippen molar-refractivity contribution in [3.63, 3.8) is 0 Å². The van der Waals surface area contributed by atoms with Gasteiger partial charge in [0, 0.05) is 17.5 Å². The van der Waals surface area contributed by atoms with E-state index in [2.05, 4.69) is 5.10 Å². The second-order valence-electron chi connectivity index (χ2n) is 8.43. The largest absolute Gasteiger partial charge is 0.507 e. The Morgan fingerprint density at radius 3 is 1.80 bits per heavy atom. The molecule has 0 aliphatic carbocycles. The van der Waals surface area contributed by atoms with Crippen molar-refractivity contribution in [3.8, 4) is 22.7 Å². The Balaban J connectivity index is 2.25. The van der Waals surface area contributed by atoms with Crippen molar-refractivity contribution in [2.45, 2.75) is 45.7 Å². The number of halogens is 3. The van der Waals surface area contributed by atoms with Crippen LogP contribution in [0.3, 0.4) is 0 Å². The van der Waals surface area contributed by atoms with E-state index in [1.807, 2.05) is 0 Å². The second kappa shape index (κ2) is 13.5. The fourth-order valence-electron chi connectivity index (χ4n) is 4.21. The molecule has 14 heteroatoms. The minimum atomic E-state index is -4.53. The van der Waals surface area contributed by atoms with Crippen LogP contribution in [-0.2, 0) is 39.8 Å². The number of nitrogens with zero attached hydrogens (tertiary/aromatic N) is 2. The molecule has 40 heavy (non-hydrogen) atoms. The molecule has 0 aliphatic heterocycles. The Kier molecular flexibility index (Phi) is 10.8. The maximum Gasteiger partial charge on any atom is 0.416 e. The molecule has 0 bridgehead atoms. The molecule has 0 saturated heterocycles. The number of aromatic hydroxyl groups is 1. The van der Waals surface area contributed by atoms with Gasteiger partial charge in [0.25, 0.3) is 0 Å². The normalized spacial score (nSPS) is 12.8. The second-order valence-corrected chi connectivity index (χ2v) is 13.3. The zero-order valence-electron chi connectivity index (χ0n) is 22.6. The number of rotatable bonds is 14. The van der Waals surface area contributed by atoms with E-state index >= 15 is 0 Å². The molecule has 9 nitrogen and oxygen atoms in total. The van der Waals surface area contributed by atoms with Crippen molar-refractivity contribution in [2.24, 2.45) is 0 Å². The zero-order chi connectivity index (χ0) is 29.6. The first-order chi connectivity index (χ1) is 18.9. The quantitative estimate of drug-likeness (QED) is 0.187. The number of hydrogen-bond donors (Lipinski definition) is 1. The SMILES string of the molecule is CCOP(=O)(OCC)C(Cc1cnn(-c2ccc(C(F)(F)F)cc2)c1-c1ccccc1O)P(=O)(OCC)OCC. The molecule has 3 aromatic rings. The first kappa shape index (κ1) is 32.1. The van der Waals surface area contributed by atoms with E-state index in [-0.39, 0.29) is 50.0 Å². The first-order valence-corrected chi connectivity index (χ1v) is 16.0. The molecule has 3 rings (SSSR count). The molecular weight excluding hydrogens is 571 g/mol. The summed E-state index contributed by atoms with van der Waals surface area (Å²) in [6.07, 6.45) is -3.36. The van der Waals surface area contributed by atoms with Gasteiger partial charge < -0.3 is 23.2 Å². The average Bonchev–Trinajstić information content (AvgIpc) is 3.31. The van der Waals surface area contributed by atoms with Gasteiger partial charge in [-0.2, -0.15) is 18.3 Å². The van der Waals surface area contributed by atoms with Crippen LogP contribution in [0.15, 0.2) is 54.7 Å². The molecule has 0 fully saturated rings. The summed E-state index contributed by atoms with van der Waals surface area (Å²) in [5.74, 6) is -0.135. The van der Waals surface area contributed by atoms with Gasteiger partial charge in [0.1, 0.15) is 5.75 Å². The standard InChI is InChI=1S/C26H33F3N2O7P2/c1-5-35-39(33,36-6-2)24(40(34,37-7-3)38-8-4)17-19-18-30-31(25(19)22-11-9-10-12-23(22)32)21-15-13-20(14-16-21)26(27,28)29/h9-16,18,24,32H,5-8,17H2,1-4H3. The Hall–Kier alpha value is -2.46. The summed E-state index contributed by atoms with van der Waals surface area (Å²) in [4.78, 5) is 0. The van der Waals surface area contributed by atoms with Crippen molar-refractivity contribution in [1.29, 1.82) is 0 Å². The number of benzene rings is 2. The molecule has 1 aromatic heterocycles. The summed E-state index contributed by atoms with van der Waals surface area (Å²) in [5.41, 5.74) is 0.354. The number of hydrogen-bond acceptors (Lipinski definition) is 8. The number of aromatic nitrogens is 2. The van der Waals surface area contributed by atoms with Crippen molar-refractivity contribution < 1.29 is 45.5 Å². The maximum atomic E-state index is 14.1. The van der Waals surface area contributed by atoms with Crippen LogP contribution in [0.2, 0.25) is 0 Å². The lowest BCUT2D eigenvalue weighted by Crippen LogP contribution is -2.20. The third kappa shape index (κ3) is 7.05. The van der Waals surface area contributed by atoms with Crippen LogP contribution in [0.1, 0.15) is 38.8 Å². The van der Waals surface area contributed by atoms with E-state index in [9.17, 15) is 27.4 Å². The van der Waals surface area contributed by atoms with E-state index in [1.54, 1.807) is 45.9 Å². The zero-order valence-corrected chi connectivity index (χ0v) is 24.4. The third-order valence-electron chi connectivity index (χ3n) is 5.81. The van der Waals surface area contributed by atoms with Crippen LogP contribution in [0, 0.1) is 0 Å². The van der Waals surface area contributed by atoms with Gasteiger partial charge in [-0.25, -0.2) is 4.68 Å². The number of para-hydroxylation sites is 1. The molecule has 0 amide bonds. The van der Waals surface area contributed by atoms with E-state index < -0.39 is 32.3 Å². The molecule has 0 saturated carbocycles. The van der Waals surface area contributed by atoms with Crippen molar-refractivity contribution in [2.75, 3.05) is 26.4 Å². The van der Waals surface area contributed by atoms with Crippen LogP contribution >= 0.6 is 15.2 Å². The monoisotopic (exact) mass is 604 g/mol. The van der Waals surface area contributed by atoms with Crippen molar-refractivity contribution in [3.05, 3.63) is 65.9 Å². The van der Waals surface area contributed by atoms with E-state index in [1.165, 1.54) is 29.1 Å². The lowest BCUT2D eigenvalue weighted by Gasteiger charge is -2.31. The Morgan fingerprint density at radius 2 is 1.35 bits per heavy atom. The van der Waals surface area contributed by atoms with Crippen molar-refractivity contribution in [1.82, 2.24) is 9.78 Å². The Labute approximate surface area is 231 Å². The van der Waals surface area contributed by atoms with Gasteiger partial charge in [-0.1, -0.05) is 12.1 Å². The Bertz CT molecular complexity index is 1310. The number of phenols is 1. The van der Waals surface area contributed by atoms with Gasteiger partial charge in [0.05, 0.1) is 49.6 Å². The molecule has 0 unspecified atom stereocenters. The van der Waals surface area contributed by atoms with Crippen LogP contribution < -0.4 is 0 Å². The summed E-state index contributed by atoms with van der Waals surface area (Å²) >= 11 is 0. The minimum absolute atomic E-state index is 0.0107. The summed E-state index contributed by atoms with van der Waals surface area (Å²) < 4.78 is 91.3. The summed E-state index contributed by atoms with van der Waals surface area (Å²) in [5, 5.41) is 13.7. The minimum Gasteiger partial charge on any atom is -0.507 e. The van der Waals surface area contributed by atoms with Crippen molar-refractivity contribution >= 4 is 15.2 Å². The van der Waals surface area contributed by atoms with Gasteiger partial charge in [0.2, 0.25) is 0 Å². The molecule has 220 valence electrons. The molecule has 2 aromatic carbocycles. The lowest BCUT2D eigenvalue weighted by atomic mass is 10.0. The van der Waals surface area contributed by atoms with Crippen LogP contribution in [0.4, 0.5) is 13.2 Å². The highest BCUT2D eigenvalue weighted by Crippen LogP contribution is 2.71. The Morgan fingerprint density at radius 1 is 0.850 bits per heavy atom. The molecule has 1 heterocycles. The lowest BCUT2D eigenvalue weighted by molar-refractivity contribution is -0.137. The molecular formula is C26H33F3N2O7P2. The highest BCUT2D eigenvalue weighted by molar-refractivity contribution is 7.72. The third-order valence-corrected chi connectivity index (χ3v) is 11.8. The topological polar surface area (TPSA) is 109 Å². The highest BCUT2D eigenvalue weighted by atomic mass is 31.2. The number of phenolic OH excluding ortho intramolecular Hbond substituents is 1. The molecule has 0 aliphatic rings. The maximum absolute atomic E-state index is 14.1. The fraction of sp³-hybridized carbons (Fsp3) is 0.423. The van der Waals surface area contributed by atoms with Gasteiger partial charge >= 0.3 is 21.4 Å². The van der Waals surface area contributed by atoms with Gasteiger partial charge in [-0.3, -0.25) is 9.13 Å². The molecule has 0 radical (unpaired) electrons. The summed E-state index contributed by atoms with van der Waals surface area (Å²) in [6, 6.07) is 10.6. The van der Waals surface area contributed by atoms with Gasteiger partial charge in [-0.15, -0.1) is 0 Å². The first-order valence-electron chi connectivity index (χ1n) is 12.7. The number of alkyl halides is 3. The van der Waals surface area contributed by atoms with E-state index in [0.29, 0.717) is 11.1 Å². The fourth-order valence-corrected chi connectivity index (χ4v) is 9.52. The molecule has 0 spiro atoms. The average molecular weight is 604 g/mol. The van der Waals surface area contributed by atoms with Crippen LogP contribution in [0.5, 0.6) is 5.75 Å².